The number of rotatable bonds is 1. The van der Waals surface area contributed by atoms with Crippen molar-refractivity contribution >= 4 is 37.9 Å². The third kappa shape index (κ3) is 1.52. The summed E-state index contributed by atoms with van der Waals surface area (Å²) in [7, 11) is 0. The van der Waals surface area contributed by atoms with Crippen LogP contribution in [-0.4, -0.2) is 0 Å². The highest BCUT2D eigenvalue weighted by Gasteiger charge is 2.20. The van der Waals surface area contributed by atoms with Crippen molar-refractivity contribution in [1.29, 1.82) is 0 Å². The molecule has 2 aromatic carbocycles. The minimum absolute atomic E-state index is 0.759. The van der Waals surface area contributed by atoms with Crippen molar-refractivity contribution in [2.24, 2.45) is 0 Å². The first-order valence-electron chi connectivity index (χ1n) is 6.43. The van der Waals surface area contributed by atoms with E-state index >= 15 is 0 Å². The molecule has 0 bridgehead atoms. The van der Waals surface area contributed by atoms with E-state index in [0.29, 0.717) is 0 Å². The van der Waals surface area contributed by atoms with Gasteiger partial charge in [-0.3, -0.25) is 0 Å². The molecule has 0 unspecified atom stereocenters. The van der Waals surface area contributed by atoms with E-state index in [1.54, 1.807) is 0 Å². The molecule has 0 amide bonds. The van der Waals surface area contributed by atoms with Crippen molar-refractivity contribution in [3.63, 3.8) is 0 Å². The number of fused-ring (bicyclic) bond motifs is 3. The highest BCUT2D eigenvalue weighted by atomic mass is 79.9. The molecule has 90 valence electrons. The minimum atomic E-state index is 0.759. The molecule has 2 heteroatoms. The van der Waals surface area contributed by atoms with E-state index in [4.69, 9.17) is 4.42 Å². The summed E-state index contributed by atoms with van der Waals surface area (Å²) in [4.78, 5) is 0. The van der Waals surface area contributed by atoms with Crippen molar-refractivity contribution in [2.75, 3.05) is 0 Å². The lowest BCUT2D eigenvalue weighted by molar-refractivity contribution is 0.419. The van der Waals surface area contributed by atoms with Crippen molar-refractivity contribution in [3.05, 3.63) is 46.4 Å². The Morgan fingerprint density at radius 2 is 1.67 bits per heavy atom. The van der Waals surface area contributed by atoms with Gasteiger partial charge in [-0.25, -0.2) is 0 Å². The van der Waals surface area contributed by atoms with Gasteiger partial charge in [0.1, 0.15) is 11.2 Å². The molecule has 1 aromatic heterocycles. The van der Waals surface area contributed by atoms with E-state index in [1.165, 1.54) is 35.6 Å². The standard InChI is InChI=1S/C16H13BrO/c17-12-5-7-14-13-6-4-11(10-2-1-3-10)8-15(13)18-16(14)9-12/h4-10H,1-3H2. The summed E-state index contributed by atoms with van der Waals surface area (Å²) in [5, 5.41) is 2.42. The topological polar surface area (TPSA) is 13.1 Å². The third-order valence-corrected chi connectivity index (χ3v) is 4.53. The predicted molar refractivity (Wildman–Crippen MR) is 78.0 cm³/mol. The monoisotopic (exact) mass is 300 g/mol. The van der Waals surface area contributed by atoms with Gasteiger partial charge >= 0.3 is 0 Å². The lowest BCUT2D eigenvalue weighted by atomic mass is 9.80. The zero-order valence-electron chi connectivity index (χ0n) is 9.95. The fraction of sp³-hybridized carbons (Fsp3) is 0.250. The minimum Gasteiger partial charge on any atom is -0.456 e. The summed E-state index contributed by atoms with van der Waals surface area (Å²) in [5.41, 5.74) is 3.42. The van der Waals surface area contributed by atoms with Crippen molar-refractivity contribution in [2.45, 2.75) is 25.2 Å². The molecule has 1 aliphatic rings. The van der Waals surface area contributed by atoms with Crippen molar-refractivity contribution < 1.29 is 4.42 Å². The summed E-state index contributed by atoms with van der Waals surface area (Å²) >= 11 is 3.49. The van der Waals surface area contributed by atoms with Gasteiger partial charge in [-0.15, -0.1) is 0 Å². The van der Waals surface area contributed by atoms with Gasteiger partial charge < -0.3 is 4.42 Å². The van der Waals surface area contributed by atoms with Gasteiger partial charge in [0.2, 0.25) is 0 Å². The van der Waals surface area contributed by atoms with E-state index in [2.05, 4.69) is 46.3 Å². The van der Waals surface area contributed by atoms with Crippen LogP contribution in [0, 0.1) is 0 Å². The Labute approximate surface area is 114 Å². The van der Waals surface area contributed by atoms with Gasteiger partial charge in [-0.2, -0.15) is 0 Å². The summed E-state index contributed by atoms with van der Waals surface area (Å²) in [6.45, 7) is 0. The molecule has 3 aromatic rings. The normalized spacial score (nSPS) is 16.3. The Hall–Kier alpha value is -1.28. The number of hydrogen-bond donors (Lipinski definition) is 0. The smallest absolute Gasteiger partial charge is 0.136 e. The molecular formula is C16H13BrO. The maximum Gasteiger partial charge on any atom is 0.136 e. The predicted octanol–water partition coefficient (Wildman–Crippen LogP) is 5.62. The number of hydrogen-bond acceptors (Lipinski definition) is 1. The van der Waals surface area contributed by atoms with E-state index in [-0.39, 0.29) is 0 Å². The molecule has 0 N–H and O–H groups in total. The lowest BCUT2D eigenvalue weighted by Crippen LogP contribution is -2.08. The molecule has 18 heavy (non-hydrogen) atoms. The molecule has 1 heterocycles. The molecule has 1 nitrogen and oxygen atoms in total. The Morgan fingerprint density at radius 1 is 0.944 bits per heavy atom. The van der Waals surface area contributed by atoms with Crippen molar-refractivity contribution in [3.8, 4) is 0 Å². The molecule has 0 radical (unpaired) electrons. The fourth-order valence-electron chi connectivity index (χ4n) is 2.76. The van der Waals surface area contributed by atoms with Crippen LogP contribution in [0.2, 0.25) is 0 Å². The van der Waals surface area contributed by atoms with Gasteiger partial charge in [0.05, 0.1) is 0 Å². The highest BCUT2D eigenvalue weighted by molar-refractivity contribution is 9.10. The second-order valence-corrected chi connectivity index (χ2v) is 6.04. The van der Waals surface area contributed by atoms with E-state index < -0.39 is 0 Å². The van der Waals surface area contributed by atoms with E-state index in [1.807, 2.05) is 6.07 Å². The number of furan rings is 1. The second-order valence-electron chi connectivity index (χ2n) is 5.13. The van der Waals surface area contributed by atoms with Gasteiger partial charge in [0.15, 0.2) is 0 Å². The van der Waals surface area contributed by atoms with Crippen LogP contribution in [0.15, 0.2) is 45.3 Å². The third-order valence-electron chi connectivity index (χ3n) is 4.04. The molecule has 1 fully saturated rings. The zero-order valence-corrected chi connectivity index (χ0v) is 11.5. The Bertz CT molecular complexity index is 737. The largest absolute Gasteiger partial charge is 0.456 e. The first-order chi connectivity index (χ1) is 8.81. The van der Waals surface area contributed by atoms with E-state index in [9.17, 15) is 0 Å². The van der Waals surface area contributed by atoms with Crippen molar-refractivity contribution in [1.82, 2.24) is 0 Å². The molecule has 0 saturated heterocycles. The first kappa shape index (κ1) is 10.6. The van der Waals surface area contributed by atoms with Gasteiger partial charge in [0.25, 0.3) is 0 Å². The summed E-state index contributed by atoms with van der Waals surface area (Å²) in [6, 6.07) is 12.9. The number of benzene rings is 2. The Balaban J connectivity index is 1.96. The second kappa shape index (κ2) is 3.86. The van der Waals surface area contributed by atoms with Gasteiger partial charge in [-0.1, -0.05) is 34.5 Å². The Morgan fingerprint density at radius 3 is 2.39 bits per heavy atom. The molecule has 0 spiro atoms. The highest BCUT2D eigenvalue weighted by Crippen LogP contribution is 2.39. The molecule has 4 rings (SSSR count). The van der Waals surface area contributed by atoms with Crippen LogP contribution < -0.4 is 0 Å². The van der Waals surface area contributed by atoms with Crippen LogP contribution in [0.5, 0.6) is 0 Å². The fourth-order valence-corrected chi connectivity index (χ4v) is 3.10. The maximum absolute atomic E-state index is 5.96. The molecule has 0 atom stereocenters. The van der Waals surface area contributed by atoms with Crippen LogP contribution in [0.4, 0.5) is 0 Å². The molecule has 1 aliphatic carbocycles. The molecular weight excluding hydrogens is 288 g/mol. The van der Waals surface area contributed by atoms with Crippen LogP contribution in [0.1, 0.15) is 30.7 Å². The van der Waals surface area contributed by atoms with Crippen LogP contribution in [0.3, 0.4) is 0 Å². The maximum atomic E-state index is 5.96. The average Bonchev–Trinajstić information content (AvgIpc) is 2.62. The summed E-state index contributed by atoms with van der Waals surface area (Å²) < 4.78 is 7.03. The molecule has 1 saturated carbocycles. The first-order valence-corrected chi connectivity index (χ1v) is 7.22. The van der Waals surface area contributed by atoms with Gasteiger partial charge in [-0.05, 0) is 48.6 Å². The zero-order chi connectivity index (χ0) is 12.1. The van der Waals surface area contributed by atoms with E-state index in [0.717, 1.165) is 21.6 Å². The Kier molecular flexibility index (Phi) is 2.28. The quantitative estimate of drug-likeness (QED) is 0.569. The van der Waals surface area contributed by atoms with Crippen LogP contribution in [0.25, 0.3) is 21.9 Å². The lowest BCUT2D eigenvalue weighted by Gasteiger charge is -2.25. The molecule has 0 aliphatic heterocycles. The number of halogens is 1. The van der Waals surface area contributed by atoms with Crippen LogP contribution in [-0.2, 0) is 0 Å². The SMILES string of the molecule is Brc1ccc2c(c1)oc1cc(C3CCC3)ccc12. The summed E-state index contributed by atoms with van der Waals surface area (Å²) in [6.07, 6.45) is 4.03. The van der Waals surface area contributed by atoms with Crippen LogP contribution >= 0.6 is 15.9 Å². The average molecular weight is 301 g/mol. The van der Waals surface area contributed by atoms with Gasteiger partial charge in [0, 0.05) is 15.2 Å². The summed E-state index contributed by atoms with van der Waals surface area (Å²) in [5.74, 6) is 0.759.